The molecule has 0 aliphatic rings. The van der Waals surface area contributed by atoms with Crippen molar-refractivity contribution in [3.63, 3.8) is 0 Å². The van der Waals surface area contributed by atoms with Crippen molar-refractivity contribution in [3.8, 4) is 0 Å². The lowest BCUT2D eigenvalue weighted by Crippen LogP contribution is -2.29. The lowest BCUT2D eigenvalue weighted by atomic mass is 9.78. The number of benzene rings is 3. The maximum atomic E-state index is 6.17. The van der Waals surface area contributed by atoms with Crippen LogP contribution in [0.15, 0.2) is 78.9 Å². The number of aryl methyl sites for hydroxylation is 1. The van der Waals surface area contributed by atoms with Gasteiger partial charge in [-0.2, -0.15) is 0 Å². The van der Waals surface area contributed by atoms with E-state index in [1.165, 1.54) is 0 Å². The smallest absolute Gasteiger partial charge is 0.330 e. The van der Waals surface area contributed by atoms with Gasteiger partial charge in [-0.25, -0.2) is 0 Å². The minimum absolute atomic E-state index is 0.150. The molecule has 0 aliphatic carbocycles. The minimum atomic E-state index is -0.150. The van der Waals surface area contributed by atoms with Crippen molar-refractivity contribution in [2.45, 2.75) is 19.0 Å². The maximum Gasteiger partial charge on any atom is 0.330 e. The number of nitrogens with two attached hydrogens (primary N) is 2. The van der Waals surface area contributed by atoms with Crippen LogP contribution in [0.2, 0.25) is 0 Å². The van der Waals surface area contributed by atoms with Crippen LogP contribution >= 0.6 is 0 Å². The van der Waals surface area contributed by atoms with Gasteiger partial charge in [-0.1, -0.05) is 95.4 Å². The van der Waals surface area contributed by atoms with Gasteiger partial charge < -0.3 is 20.8 Å². The summed E-state index contributed by atoms with van der Waals surface area (Å²) < 4.78 is 11.4. The number of hydrogen-bond donors (Lipinski definition) is 2. The molecule has 4 N–H and O–H groups in total. The molecular weight excluding hydrogens is 358 g/mol. The van der Waals surface area contributed by atoms with Crippen LogP contribution in [0.3, 0.4) is 0 Å². The van der Waals surface area contributed by atoms with Crippen molar-refractivity contribution in [2.75, 3.05) is 13.2 Å². The van der Waals surface area contributed by atoms with E-state index in [-0.39, 0.29) is 12.1 Å². The zero-order chi connectivity index (χ0) is 20.5. The Labute approximate surface area is 174 Å². The third kappa shape index (κ3) is 6.58. The van der Waals surface area contributed by atoms with Crippen LogP contribution in [0.5, 0.6) is 0 Å². The fourth-order valence-corrected chi connectivity index (χ4v) is 2.99. The van der Waals surface area contributed by atoms with E-state index in [4.69, 9.17) is 20.8 Å². The molecule has 29 heavy (non-hydrogen) atoms. The summed E-state index contributed by atoms with van der Waals surface area (Å²) in [6.45, 7) is 2.90. The van der Waals surface area contributed by atoms with Crippen LogP contribution in [-0.4, -0.2) is 28.2 Å². The van der Waals surface area contributed by atoms with E-state index < -0.39 is 0 Å². The van der Waals surface area contributed by atoms with Gasteiger partial charge in [0, 0.05) is 13.2 Å². The lowest BCUT2D eigenvalue weighted by molar-refractivity contribution is 0.310. The van der Waals surface area contributed by atoms with Gasteiger partial charge in [0.1, 0.15) is 0 Å². The van der Waals surface area contributed by atoms with E-state index >= 15 is 0 Å². The highest BCUT2D eigenvalue weighted by Gasteiger charge is 2.10. The zero-order valence-electron chi connectivity index (χ0n) is 16.7. The minimum Gasteiger partial charge on any atom is -0.432 e. The molecule has 0 spiro atoms. The molecule has 3 aromatic rings. The summed E-state index contributed by atoms with van der Waals surface area (Å²) in [5.74, 6) is 0. The molecule has 0 saturated heterocycles. The molecule has 4 nitrogen and oxygen atoms in total. The van der Waals surface area contributed by atoms with Gasteiger partial charge in [0.2, 0.25) is 0 Å². The van der Waals surface area contributed by atoms with Gasteiger partial charge in [-0.15, -0.1) is 0 Å². The average Bonchev–Trinajstić information content (AvgIpc) is 2.76. The molecule has 0 aliphatic heterocycles. The summed E-state index contributed by atoms with van der Waals surface area (Å²) in [5.41, 5.74) is 17.6. The third-order valence-electron chi connectivity index (χ3n) is 4.73. The fourth-order valence-electron chi connectivity index (χ4n) is 2.99. The maximum absolute atomic E-state index is 6.17. The quantitative estimate of drug-likeness (QED) is 0.524. The molecule has 0 aromatic heterocycles. The van der Waals surface area contributed by atoms with Crippen molar-refractivity contribution in [3.05, 3.63) is 95.6 Å². The van der Waals surface area contributed by atoms with Crippen LogP contribution < -0.4 is 22.4 Å². The Morgan fingerprint density at radius 1 is 0.724 bits per heavy atom. The van der Waals surface area contributed by atoms with Crippen molar-refractivity contribution in [1.29, 1.82) is 0 Å². The van der Waals surface area contributed by atoms with E-state index in [0.29, 0.717) is 13.2 Å². The van der Waals surface area contributed by atoms with Crippen molar-refractivity contribution < 1.29 is 9.31 Å². The van der Waals surface area contributed by atoms with Gasteiger partial charge in [-0.3, -0.25) is 0 Å². The average molecular weight is 384 g/mol. The highest BCUT2D eigenvalue weighted by atomic mass is 16.4. The van der Waals surface area contributed by atoms with Gasteiger partial charge >= 0.3 is 15.0 Å². The largest absolute Gasteiger partial charge is 0.432 e. The SMILES string of the molecule is Cc1cc([B]OCC(N)c2ccccc2)ccc1[B]OCC(N)c1ccccc1. The first-order chi connectivity index (χ1) is 14.1. The van der Waals surface area contributed by atoms with E-state index in [9.17, 15) is 0 Å². The topological polar surface area (TPSA) is 70.5 Å². The summed E-state index contributed by atoms with van der Waals surface area (Å²) in [6, 6.07) is 25.7. The Hall–Kier alpha value is -2.37. The summed E-state index contributed by atoms with van der Waals surface area (Å²) in [5, 5.41) is 0. The lowest BCUT2D eigenvalue weighted by Gasteiger charge is -2.14. The molecule has 2 radical (unpaired) electrons. The van der Waals surface area contributed by atoms with Crippen LogP contribution in [0.4, 0.5) is 0 Å². The van der Waals surface area contributed by atoms with E-state index in [2.05, 4.69) is 6.07 Å². The Morgan fingerprint density at radius 3 is 1.76 bits per heavy atom. The summed E-state index contributed by atoms with van der Waals surface area (Å²) >= 11 is 0. The van der Waals surface area contributed by atoms with Crippen LogP contribution in [0.1, 0.15) is 28.8 Å². The molecule has 2 atom stereocenters. The first kappa shape index (κ1) is 21.3. The Bertz CT molecular complexity index is 879. The number of rotatable bonds is 10. The van der Waals surface area contributed by atoms with Crippen LogP contribution in [0.25, 0.3) is 0 Å². The number of hydrogen-bond acceptors (Lipinski definition) is 4. The molecule has 146 valence electrons. The molecular formula is C23H26B2N2O2. The zero-order valence-corrected chi connectivity index (χ0v) is 16.7. The highest BCUT2D eigenvalue weighted by molar-refractivity contribution is 6.50. The Morgan fingerprint density at radius 2 is 1.24 bits per heavy atom. The van der Waals surface area contributed by atoms with Gasteiger partial charge in [0.15, 0.2) is 0 Å². The van der Waals surface area contributed by atoms with Crippen molar-refractivity contribution in [2.24, 2.45) is 11.5 Å². The summed E-state index contributed by atoms with van der Waals surface area (Å²) in [4.78, 5) is 0. The first-order valence-electron chi connectivity index (χ1n) is 9.75. The molecule has 6 heteroatoms. The summed E-state index contributed by atoms with van der Waals surface area (Å²) in [6.07, 6.45) is 0. The monoisotopic (exact) mass is 384 g/mol. The molecule has 3 rings (SSSR count). The standard InChI is InChI=1S/C23H26B2N2O2/c1-17-14-20(24-28-15-22(26)18-8-4-2-5-9-18)12-13-21(17)25-29-16-23(27)19-10-6-3-7-11-19/h2-14,22-23H,15-16,26-27H2,1H3. The molecule has 0 fully saturated rings. The first-order valence-corrected chi connectivity index (χ1v) is 9.75. The van der Waals surface area contributed by atoms with Crippen molar-refractivity contribution >= 4 is 25.9 Å². The van der Waals surface area contributed by atoms with Crippen molar-refractivity contribution in [1.82, 2.24) is 0 Å². The summed E-state index contributed by atoms with van der Waals surface area (Å²) in [7, 11) is 3.50. The molecule has 0 heterocycles. The normalized spacial score (nSPS) is 12.9. The van der Waals surface area contributed by atoms with Gasteiger partial charge in [-0.05, 0) is 18.1 Å². The van der Waals surface area contributed by atoms with Crippen LogP contribution in [0, 0.1) is 6.92 Å². The van der Waals surface area contributed by atoms with E-state index in [1.54, 1.807) is 15.0 Å². The van der Waals surface area contributed by atoms with E-state index in [0.717, 1.165) is 27.6 Å². The highest BCUT2D eigenvalue weighted by Crippen LogP contribution is 2.10. The Kier molecular flexibility index (Phi) is 8.08. The predicted molar refractivity (Wildman–Crippen MR) is 121 cm³/mol. The fraction of sp³-hybridized carbons (Fsp3) is 0.217. The second kappa shape index (κ2) is 11.0. The predicted octanol–water partition coefficient (Wildman–Crippen LogP) is 1.92. The van der Waals surface area contributed by atoms with Gasteiger partial charge in [0.05, 0.1) is 12.1 Å². The van der Waals surface area contributed by atoms with Crippen LogP contribution in [-0.2, 0) is 9.31 Å². The molecule has 0 saturated carbocycles. The second-order valence-corrected chi connectivity index (χ2v) is 7.05. The third-order valence-corrected chi connectivity index (χ3v) is 4.73. The molecule has 3 aromatic carbocycles. The Balaban J connectivity index is 1.43. The molecule has 0 amide bonds. The van der Waals surface area contributed by atoms with Gasteiger partial charge in [0.25, 0.3) is 0 Å². The second-order valence-electron chi connectivity index (χ2n) is 7.05. The molecule has 0 bridgehead atoms. The molecule has 2 unspecified atom stereocenters. The van der Waals surface area contributed by atoms with E-state index in [1.807, 2.05) is 79.7 Å².